The van der Waals surface area contributed by atoms with Crippen molar-refractivity contribution in [3.8, 4) is 5.88 Å². The number of nitrogens with zero attached hydrogens (tertiary/aromatic N) is 2. The summed E-state index contributed by atoms with van der Waals surface area (Å²) in [6, 6.07) is 0. The molecular weight excluding hydrogens is 240 g/mol. The van der Waals surface area contributed by atoms with Crippen LogP contribution in [0.4, 0.5) is 0 Å². The van der Waals surface area contributed by atoms with E-state index in [1.165, 1.54) is 19.3 Å². The quantitative estimate of drug-likeness (QED) is 0.911. The molecule has 108 valence electrons. The highest BCUT2D eigenvalue weighted by Gasteiger charge is 2.31. The molecule has 1 fully saturated rings. The zero-order chi connectivity index (χ0) is 14.0. The predicted octanol–water partition coefficient (Wildman–Crippen LogP) is 2.99. The maximum atomic E-state index is 10.7. The van der Waals surface area contributed by atoms with E-state index >= 15 is 0 Å². The molecule has 1 aliphatic rings. The number of aliphatic hydroxyl groups is 1. The van der Waals surface area contributed by atoms with Crippen molar-refractivity contribution in [1.29, 1.82) is 0 Å². The van der Waals surface area contributed by atoms with Crippen LogP contribution in [0.3, 0.4) is 0 Å². The van der Waals surface area contributed by atoms with Crippen LogP contribution in [-0.4, -0.2) is 22.0 Å². The van der Waals surface area contributed by atoms with Crippen molar-refractivity contribution in [3.05, 3.63) is 11.3 Å². The summed E-state index contributed by atoms with van der Waals surface area (Å²) >= 11 is 0. The highest BCUT2D eigenvalue weighted by molar-refractivity contribution is 5.33. The van der Waals surface area contributed by atoms with E-state index in [4.69, 9.17) is 4.74 Å². The van der Waals surface area contributed by atoms with Gasteiger partial charge in [-0.2, -0.15) is 5.10 Å². The van der Waals surface area contributed by atoms with E-state index in [-0.39, 0.29) is 0 Å². The van der Waals surface area contributed by atoms with Crippen LogP contribution in [0.5, 0.6) is 5.88 Å². The van der Waals surface area contributed by atoms with Crippen molar-refractivity contribution in [2.75, 3.05) is 7.11 Å². The fraction of sp³-hybridized carbons (Fsp3) is 0.800. The van der Waals surface area contributed by atoms with Gasteiger partial charge in [0, 0.05) is 7.05 Å². The smallest absolute Gasteiger partial charge is 0.217 e. The Labute approximate surface area is 115 Å². The lowest BCUT2D eigenvalue weighted by Gasteiger charge is -2.31. The Morgan fingerprint density at radius 2 is 2.00 bits per heavy atom. The molecule has 1 aromatic rings. The average molecular weight is 266 g/mol. The Balaban J connectivity index is 2.14. The van der Waals surface area contributed by atoms with E-state index < -0.39 is 6.10 Å². The van der Waals surface area contributed by atoms with Crippen molar-refractivity contribution >= 4 is 0 Å². The highest BCUT2D eigenvalue weighted by atomic mass is 16.5. The van der Waals surface area contributed by atoms with Crippen LogP contribution < -0.4 is 4.74 Å². The Hall–Kier alpha value is -1.03. The summed E-state index contributed by atoms with van der Waals surface area (Å²) in [6.07, 6.45) is 5.51. The van der Waals surface area contributed by atoms with E-state index in [1.54, 1.807) is 11.8 Å². The SMILES string of the molecule is CCC1CCC(C(O)c2c(C)nn(C)c2OC)CC1. The third-order valence-electron chi connectivity index (χ3n) is 4.62. The number of aliphatic hydroxyl groups excluding tert-OH is 1. The van der Waals surface area contributed by atoms with E-state index in [0.717, 1.165) is 30.0 Å². The van der Waals surface area contributed by atoms with Crippen LogP contribution in [0, 0.1) is 18.8 Å². The van der Waals surface area contributed by atoms with Crippen LogP contribution in [0.1, 0.15) is 56.4 Å². The Morgan fingerprint density at radius 1 is 1.37 bits per heavy atom. The van der Waals surface area contributed by atoms with Crippen LogP contribution in [-0.2, 0) is 7.05 Å². The molecule has 1 heterocycles. The summed E-state index contributed by atoms with van der Waals surface area (Å²) in [5.74, 6) is 1.89. The van der Waals surface area contributed by atoms with Gasteiger partial charge in [-0.25, -0.2) is 4.68 Å². The molecule has 1 saturated carbocycles. The largest absolute Gasteiger partial charge is 0.481 e. The second kappa shape index (κ2) is 5.95. The molecule has 0 spiro atoms. The van der Waals surface area contributed by atoms with Gasteiger partial charge in [0.25, 0.3) is 0 Å². The molecule has 4 nitrogen and oxygen atoms in total. The van der Waals surface area contributed by atoms with Gasteiger partial charge >= 0.3 is 0 Å². The second-order valence-corrected chi connectivity index (χ2v) is 5.77. The molecule has 1 aliphatic carbocycles. The van der Waals surface area contributed by atoms with Gasteiger partial charge in [-0.15, -0.1) is 0 Å². The molecule has 0 bridgehead atoms. The third kappa shape index (κ3) is 2.78. The fourth-order valence-electron chi connectivity index (χ4n) is 3.38. The van der Waals surface area contributed by atoms with Crippen LogP contribution in [0.2, 0.25) is 0 Å². The zero-order valence-corrected chi connectivity index (χ0v) is 12.5. The Morgan fingerprint density at radius 3 is 2.53 bits per heavy atom. The maximum absolute atomic E-state index is 10.7. The maximum Gasteiger partial charge on any atom is 0.217 e. The first kappa shape index (κ1) is 14.4. The van der Waals surface area contributed by atoms with Gasteiger partial charge in [0.1, 0.15) is 0 Å². The topological polar surface area (TPSA) is 47.3 Å². The van der Waals surface area contributed by atoms with Crippen molar-refractivity contribution in [2.24, 2.45) is 18.9 Å². The second-order valence-electron chi connectivity index (χ2n) is 5.77. The molecule has 0 aromatic carbocycles. The molecule has 0 saturated heterocycles. The summed E-state index contributed by atoms with van der Waals surface area (Å²) < 4.78 is 7.11. The van der Waals surface area contributed by atoms with E-state index in [1.807, 2.05) is 14.0 Å². The molecule has 2 rings (SSSR count). The van der Waals surface area contributed by atoms with Gasteiger partial charge in [0.15, 0.2) is 0 Å². The van der Waals surface area contributed by atoms with Gasteiger partial charge < -0.3 is 9.84 Å². The molecular formula is C15H26N2O2. The molecule has 1 N–H and O–H groups in total. The van der Waals surface area contributed by atoms with Crippen molar-refractivity contribution in [2.45, 2.75) is 52.1 Å². The summed E-state index contributed by atoms with van der Waals surface area (Å²) in [6.45, 7) is 4.20. The summed E-state index contributed by atoms with van der Waals surface area (Å²) in [7, 11) is 3.50. The lowest BCUT2D eigenvalue weighted by molar-refractivity contribution is 0.0701. The first-order valence-corrected chi connectivity index (χ1v) is 7.34. The number of hydrogen-bond donors (Lipinski definition) is 1. The van der Waals surface area contributed by atoms with Crippen LogP contribution >= 0.6 is 0 Å². The third-order valence-corrected chi connectivity index (χ3v) is 4.62. The number of ether oxygens (including phenoxy) is 1. The number of rotatable bonds is 4. The van der Waals surface area contributed by atoms with Gasteiger partial charge in [0.05, 0.1) is 24.5 Å². The molecule has 0 amide bonds. The molecule has 0 radical (unpaired) electrons. The molecule has 1 unspecified atom stereocenters. The van der Waals surface area contributed by atoms with E-state index in [9.17, 15) is 5.11 Å². The summed E-state index contributed by atoms with van der Waals surface area (Å²) in [5, 5.41) is 15.0. The molecule has 19 heavy (non-hydrogen) atoms. The molecule has 4 heteroatoms. The van der Waals surface area contributed by atoms with E-state index in [0.29, 0.717) is 11.8 Å². The van der Waals surface area contributed by atoms with Gasteiger partial charge in [-0.05, 0) is 31.6 Å². The molecule has 0 aliphatic heterocycles. The standard InChI is InChI=1S/C15H26N2O2/c1-5-11-6-8-12(9-7-11)14(18)13-10(2)16-17(3)15(13)19-4/h11-12,14,18H,5-9H2,1-4H3. The number of aromatic nitrogens is 2. The van der Waals surface area contributed by atoms with Gasteiger partial charge in [0.2, 0.25) is 5.88 Å². The normalized spacial score (nSPS) is 25.3. The monoisotopic (exact) mass is 266 g/mol. The zero-order valence-electron chi connectivity index (χ0n) is 12.5. The number of hydrogen-bond acceptors (Lipinski definition) is 3. The predicted molar refractivity (Wildman–Crippen MR) is 75.2 cm³/mol. The molecule has 1 aromatic heterocycles. The number of aryl methyl sites for hydroxylation is 2. The van der Waals surface area contributed by atoms with Crippen LogP contribution in [0.25, 0.3) is 0 Å². The fourth-order valence-corrected chi connectivity index (χ4v) is 3.38. The minimum Gasteiger partial charge on any atom is -0.481 e. The summed E-state index contributed by atoms with van der Waals surface area (Å²) in [4.78, 5) is 0. The average Bonchev–Trinajstić information content (AvgIpc) is 2.72. The number of methoxy groups -OCH3 is 1. The van der Waals surface area contributed by atoms with Gasteiger partial charge in [-0.3, -0.25) is 0 Å². The first-order chi connectivity index (χ1) is 9.08. The van der Waals surface area contributed by atoms with E-state index in [2.05, 4.69) is 12.0 Å². The van der Waals surface area contributed by atoms with Crippen LogP contribution in [0.15, 0.2) is 0 Å². The minimum absolute atomic E-state index is 0.347. The lowest BCUT2D eigenvalue weighted by Crippen LogP contribution is -2.21. The Bertz CT molecular complexity index is 420. The highest BCUT2D eigenvalue weighted by Crippen LogP contribution is 2.41. The Kier molecular flexibility index (Phi) is 4.50. The summed E-state index contributed by atoms with van der Waals surface area (Å²) in [5.41, 5.74) is 1.76. The van der Waals surface area contributed by atoms with Crippen molar-refractivity contribution in [3.63, 3.8) is 0 Å². The minimum atomic E-state index is -0.443. The van der Waals surface area contributed by atoms with Gasteiger partial charge in [-0.1, -0.05) is 26.2 Å². The molecule has 1 atom stereocenters. The van der Waals surface area contributed by atoms with Crippen molar-refractivity contribution in [1.82, 2.24) is 9.78 Å². The van der Waals surface area contributed by atoms with Crippen molar-refractivity contribution < 1.29 is 9.84 Å². The first-order valence-electron chi connectivity index (χ1n) is 7.34. The lowest BCUT2D eigenvalue weighted by atomic mass is 9.77.